The summed E-state index contributed by atoms with van der Waals surface area (Å²) >= 11 is 7.44. The van der Waals surface area contributed by atoms with Gasteiger partial charge in [0, 0.05) is 24.3 Å². The van der Waals surface area contributed by atoms with Gasteiger partial charge in [0.1, 0.15) is 0 Å². The minimum Gasteiger partial charge on any atom is -0.207 e. The second kappa shape index (κ2) is 6.48. The van der Waals surface area contributed by atoms with E-state index in [1.54, 1.807) is 24.5 Å². The Labute approximate surface area is 135 Å². The molecular weight excluding hydrogens is 326 g/mol. The Morgan fingerprint density at radius 1 is 1.24 bits per heavy atom. The summed E-state index contributed by atoms with van der Waals surface area (Å²) in [7, 11) is -1.91. The van der Waals surface area contributed by atoms with Gasteiger partial charge in [0.25, 0.3) is 0 Å². The van der Waals surface area contributed by atoms with Crippen molar-refractivity contribution >= 4 is 33.0 Å². The molecule has 0 unspecified atom stereocenters. The summed E-state index contributed by atoms with van der Waals surface area (Å²) in [6, 6.07) is 7.42. The Bertz CT molecular complexity index is 724. The molecule has 0 fully saturated rings. The van der Waals surface area contributed by atoms with E-state index >= 15 is 0 Å². The molecule has 2 rings (SSSR count). The number of hydrogen-bond donors (Lipinski definition) is 0. The van der Waals surface area contributed by atoms with Crippen molar-refractivity contribution in [1.82, 2.24) is 4.31 Å². The predicted octanol–water partition coefficient (Wildman–Crippen LogP) is 3.92. The molecule has 0 saturated heterocycles. The molecule has 0 saturated carbocycles. The van der Waals surface area contributed by atoms with Crippen LogP contribution in [0.4, 0.5) is 0 Å². The van der Waals surface area contributed by atoms with Crippen LogP contribution < -0.4 is 0 Å². The molecule has 0 spiro atoms. The van der Waals surface area contributed by atoms with Crippen molar-refractivity contribution in [3.05, 3.63) is 51.2 Å². The third-order valence-corrected chi connectivity index (χ3v) is 6.52. The van der Waals surface area contributed by atoms with Crippen LogP contribution in [0.3, 0.4) is 0 Å². The maximum Gasteiger partial charge on any atom is 0.243 e. The zero-order valence-electron chi connectivity index (χ0n) is 12.3. The average molecular weight is 344 g/mol. The summed E-state index contributed by atoms with van der Waals surface area (Å²) < 4.78 is 26.9. The highest BCUT2D eigenvalue weighted by molar-refractivity contribution is 7.89. The van der Waals surface area contributed by atoms with Crippen LogP contribution >= 0.6 is 22.9 Å². The predicted molar refractivity (Wildman–Crippen MR) is 88.4 cm³/mol. The van der Waals surface area contributed by atoms with E-state index in [9.17, 15) is 8.42 Å². The van der Waals surface area contributed by atoms with E-state index < -0.39 is 10.0 Å². The molecule has 1 aromatic carbocycles. The highest BCUT2D eigenvalue weighted by Gasteiger charge is 2.24. The molecule has 114 valence electrons. The molecule has 1 heterocycles. The summed E-state index contributed by atoms with van der Waals surface area (Å²) in [4.78, 5) is 1.35. The quantitative estimate of drug-likeness (QED) is 0.771. The monoisotopic (exact) mass is 343 g/mol. The van der Waals surface area contributed by atoms with Gasteiger partial charge in [-0.3, -0.25) is 0 Å². The first-order valence-corrected chi connectivity index (χ1v) is 9.36. The number of rotatable bonds is 5. The number of benzene rings is 1. The molecule has 0 radical (unpaired) electrons. The maximum atomic E-state index is 12.7. The van der Waals surface area contributed by atoms with Crippen molar-refractivity contribution in [3.63, 3.8) is 0 Å². The highest BCUT2D eigenvalue weighted by Crippen LogP contribution is 2.25. The van der Waals surface area contributed by atoms with Crippen LogP contribution in [-0.4, -0.2) is 19.8 Å². The smallest absolute Gasteiger partial charge is 0.207 e. The molecule has 0 aliphatic rings. The highest BCUT2D eigenvalue weighted by atomic mass is 35.5. The van der Waals surface area contributed by atoms with Gasteiger partial charge in [-0.25, -0.2) is 8.42 Å². The van der Waals surface area contributed by atoms with Crippen molar-refractivity contribution in [2.45, 2.75) is 31.2 Å². The van der Waals surface area contributed by atoms with Gasteiger partial charge in [0.15, 0.2) is 0 Å². The number of hydrogen-bond acceptors (Lipinski definition) is 3. The van der Waals surface area contributed by atoms with Gasteiger partial charge >= 0.3 is 0 Å². The first kappa shape index (κ1) is 16.5. The SMILES string of the molecule is Cc1cc(C)c(S(=O)(=O)N(C)Cc2cccs2)cc1CCl. The molecule has 0 bridgehead atoms. The normalized spacial score (nSPS) is 12.0. The molecule has 3 nitrogen and oxygen atoms in total. The van der Waals surface area contributed by atoms with Crippen LogP contribution in [0.25, 0.3) is 0 Å². The van der Waals surface area contributed by atoms with Crippen molar-refractivity contribution < 1.29 is 8.42 Å². The van der Waals surface area contributed by atoms with Gasteiger partial charge < -0.3 is 0 Å². The molecule has 6 heteroatoms. The number of nitrogens with zero attached hydrogens (tertiary/aromatic N) is 1. The topological polar surface area (TPSA) is 37.4 Å². The molecule has 0 N–H and O–H groups in total. The van der Waals surface area contributed by atoms with Crippen LogP contribution in [0.15, 0.2) is 34.5 Å². The number of alkyl halides is 1. The van der Waals surface area contributed by atoms with Gasteiger partial charge in [-0.2, -0.15) is 4.31 Å². The summed E-state index contributed by atoms with van der Waals surface area (Å²) in [5.74, 6) is 0.309. The maximum absolute atomic E-state index is 12.7. The average Bonchev–Trinajstić information content (AvgIpc) is 2.91. The number of halogens is 1. The summed E-state index contributed by atoms with van der Waals surface area (Å²) in [6.07, 6.45) is 0. The third-order valence-electron chi connectivity index (χ3n) is 3.42. The van der Waals surface area contributed by atoms with Gasteiger partial charge in [-0.15, -0.1) is 22.9 Å². The lowest BCUT2D eigenvalue weighted by Crippen LogP contribution is -2.27. The molecule has 21 heavy (non-hydrogen) atoms. The Hall–Kier alpha value is -0.880. The molecule has 1 aromatic heterocycles. The number of aryl methyl sites for hydroxylation is 2. The van der Waals surface area contributed by atoms with Gasteiger partial charge in [0.05, 0.1) is 4.90 Å². The fourth-order valence-electron chi connectivity index (χ4n) is 2.17. The molecule has 0 aliphatic heterocycles. The Balaban J connectivity index is 2.39. The molecule has 0 amide bonds. The fraction of sp³-hybridized carbons (Fsp3) is 0.333. The number of sulfonamides is 1. The van der Waals surface area contributed by atoms with Crippen molar-refractivity contribution in [1.29, 1.82) is 0 Å². The van der Waals surface area contributed by atoms with Gasteiger partial charge in [-0.05, 0) is 48.1 Å². The van der Waals surface area contributed by atoms with Crippen LogP contribution in [0.2, 0.25) is 0 Å². The largest absolute Gasteiger partial charge is 0.243 e. The van der Waals surface area contributed by atoms with E-state index in [4.69, 9.17) is 11.6 Å². The lowest BCUT2D eigenvalue weighted by Gasteiger charge is -2.19. The molecule has 0 atom stereocenters. The van der Waals surface area contributed by atoms with E-state index in [1.807, 2.05) is 37.4 Å². The lowest BCUT2D eigenvalue weighted by molar-refractivity contribution is 0.469. The lowest BCUT2D eigenvalue weighted by atomic mass is 10.1. The molecule has 0 aliphatic carbocycles. The Kier molecular flexibility index (Phi) is 5.09. The van der Waals surface area contributed by atoms with E-state index in [0.29, 0.717) is 17.3 Å². The van der Waals surface area contributed by atoms with Crippen molar-refractivity contribution in [2.75, 3.05) is 7.05 Å². The first-order chi connectivity index (χ1) is 9.86. The zero-order valence-corrected chi connectivity index (χ0v) is 14.6. The van der Waals surface area contributed by atoms with E-state index in [-0.39, 0.29) is 0 Å². The molecular formula is C15H18ClNO2S2. The van der Waals surface area contributed by atoms with Crippen molar-refractivity contribution in [2.24, 2.45) is 0 Å². The van der Waals surface area contributed by atoms with Gasteiger partial charge in [-0.1, -0.05) is 12.1 Å². The Morgan fingerprint density at radius 3 is 2.52 bits per heavy atom. The summed E-state index contributed by atoms with van der Waals surface area (Å²) in [6.45, 7) is 4.14. The fourth-order valence-corrected chi connectivity index (χ4v) is 4.70. The standard InChI is InChI=1S/C15H18ClNO2S2/c1-11-7-12(2)15(8-13(11)9-16)21(18,19)17(3)10-14-5-4-6-20-14/h4-8H,9-10H2,1-3H3. The van der Waals surface area contributed by atoms with Gasteiger partial charge in [0.2, 0.25) is 10.0 Å². The Morgan fingerprint density at radius 2 is 1.95 bits per heavy atom. The van der Waals surface area contributed by atoms with Crippen LogP contribution in [0.1, 0.15) is 21.6 Å². The van der Waals surface area contributed by atoms with Crippen LogP contribution in [0, 0.1) is 13.8 Å². The minimum absolute atomic E-state index is 0.309. The third kappa shape index (κ3) is 3.48. The minimum atomic E-state index is -3.51. The zero-order chi connectivity index (χ0) is 15.6. The van der Waals surface area contributed by atoms with E-state index in [0.717, 1.165) is 21.6 Å². The van der Waals surface area contributed by atoms with Crippen LogP contribution in [0.5, 0.6) is 0 Å². The second-order valence-corrected chi connectivity index (χ2v) is 8.33. The molecule has 2 aromatic rings. The first-order valence-electron chi connectivity index (χ1n) is 6.51. The summed E-state index contributed by atoms with van der Waals surface area (Å²) in [5, 5.41) is 1.94. The van der Waals surface area contributed by atoms with E-state index in [1.165, 1.54) is 4.31 Å². The number of thiophene rings is 1. The van der Waals surface area contributed by atoms with E-state index in [2.05, 4.69) is 0 Å². The van der Waals surface area contributed by atoms with Crippen molar-refractivity contribution in [3.8, 4) is 0 Å². The van der Waals surface area contributed by atoms with Crippen LogP contribution in [-0.2, 0) is 22.4 Å². The second-order valence-electron chi connectivity index (χ2n) is 5.02. The summed E-state index contributed by atoms with van der Waals surface area (Å²) in [5.41, 5.74) is 2.62.